The number of benzene rings is 1. The Balaban J connectivity index is 2.68. The summed E-state index contributed by atoms with van der Waals surface area (Å²) >= 11 is 0. The molecule has 0 saturated heterocycles. The molecule has 0 aromatic heterocycles. The molecule has 0 bridgehead atoms. The van der Waals surface area contributed by atoms with Crippen LogP contribution in [0, 0.1) is 17.0 Å². The van der Waals surface area contributed by atoms with Crippen LogP contribution >= 0.6 is 0 Å². The Hall–Kier alpha value is -3.23. The molecule has 0 aliphatic rings. The topological polar surface area (TPSA) is 139 Å². The van der Waals surface area contributed by atoms with Crippen LogP contribution in [0.15, 0.2) is 30.4 Å². The largest absolute Gasteiger partial charge is 0.478 e. The third-order valence-corrected chi connectivity index (χ3v) is 2.33. The smallest absolute Gasteiger partial charge is 0.328 e. The van der Waals surface area contributed by atoms with Gasteiger partial charge in [-0.3, -0.25) is 30.6 Å². The van der Waals surface area contributed by atoms with Gasteiger partial charge in [-0.2, -0.15) is 0 Å². The molecule has 9 heteroatoms. The number of carbonyl (C=O) groups is 3. The van der Waals surface area contributed by atoms with Gasteiger partial charge in [0.05, 0.1) is 4.92 Å². The zero-order valence-corrected chi connectivity index (χ0v) is 10.8. The van der Waals surface area contributed by atoms with Crippen molar-refractivity contribution in [2.24, 2.45) is 0 Å². The van der Waals surface area contributed by atoms with E-state index >= 15 is 0 Å². The molecule has 0 aliphatic carbocycles. The van der Waals surface area contributed by atoms with Crippen LogP contribution in [0.1, 0.15) is 15.9 Å². The number of hydrazine groups is 1. The van der Waals surface area contributed by atoms with Gasteiger partial charge in [-0.05, 0) is 19.1 Å². The van der Waals surface area contributed by atoms with Crippen LogP contribution in [0.3, 0.4) is 0 Å². The van der Waals surface area contributed by atoms with Crippen molar-refractivity contribution in [3.05, 3.63) is 51.6 Å². The number of nitro benzene ring substituents is 1. The number of hydrogen-bond donors (Lipinski definition) is 3. The number of aryl methyl sites for hydroxylation is 1. The lowest BCUT2D eigenvalue weighted by Gasteiger charge is -2.06. The molecule has 0 radical (unpaired) electrons. The average Bonchev–Trinajstić information content (AvgIpc) is 2.41. The van der Waals surface area contributed by atoms with Gasteiger partial charge in [0.2, 0.25) is 0 Å². The van der Waals surface area contributed by atoms with Crippen LogP contribution in [0.4, 0.5) is 5.69 Å². The Labute approximate surface area is 118 Å². The fourth-order valence-corrected chi connectivity index (χ4v) is 1.38. The van der Waals surface area contributed by atoms with Gasteiger partial charge in [-0.15, -0.1) is 0 Å². The minimum absolute atomic E-state index is 0.112. The summed E-state index contributed by atoms with van der Waals surface area (Å²) in [6.07, 6.45) is 1.33. The van der Waals surface area contributed by atoms with Crippen molar-refractivity contribution in [1.82, 2.24) is 10.9 Å². The number of nitrogens with one attached hydrogen (secondary N) is 2. The number of rotatable bonds is 4. The number of carbonyl (C=O) groups excluding carboxylic acids is 2. The zero-order chi connectivity index (χ0) is 16.0. The molecule has 3 N–H and O–H groups in total. The fourth-order valence-electron chi connectivity index (χ4n) is 1.38. The molecule has 1 aromatic rings. The quantitative estimate of drug-likeness (QED) is 0.414. The van der Waals surface area contributed by atoms with Gasteiger partial charge in [-0.25, -0.2) is 4.79 Å². The van der Waals surface area contributed by atoms with Gasteiger partial charge in [0.25, 0.3) is 17.5 Å². The van der Waals surface area contributed by atoms with Crippen molar-refractivity contribution in [3.63, 3.8) is 0 Å². The molecule has 0 fully saturated rings. The van der Waals surface area contributed by atoms with Crippen LogP contribution in [-0.4, -0.2) is 27.8 Å². The van der Waals surface area contributed by atoms with E-state index in [9.17, 15) is 24.5 Å². The minimum atomic E-state index is -1.30. The number of hydrogen-bond acceptors (Lipinski definition) is 5. The molecule has 0 atom stereocenters. The SMILES string of the molecule is Cc1cc(C(=O)NNC(=O)/C=C/C(=O)O)ccc1[N+](=O)[O-]. The predicted molar refractivity (Wildman–Crippen MR) is 70.2 cm³/mol. The van der Waals surface area contributed by atoms with E-state index in [0.29, 0.717) is 11.6 Å². The highest BCUT2D eigenvalue weighted by atomic mass is 16.6. The first-order chi connectivity index (χ1) is 9.81. The highest BCUT2D eigenvalue weighted by Gasteiger charge is 2.13. The molecule has 21 heavy (non-hydrogen) atoms. The Morgan fingerprint density at radius 1 is 1.24 bits per heavy atom. The first-order valence-corrected chi connectivity index (χ1v) is 5.57. The van der Waals surface area contributed by atoms with Gasteiger partial charge >= 0.3 is 5.97 Å². The summed E-state index contributed by atoms with van der Waals surface area (Å²) in [5.74, 6) is -2.82. The zero-order valence-electron chi connectivity index (χ0n) is 10.8. The van der Waals surface area contributed by atoms with E-state index in [1.165, 1.54) is 25.1 Å². The molecule has 9 nitrogen and oxygen atoms in total. The standard InChI is InChI=1S/C12H11N3O6/c1-7-6-8(2-3-9(7)15(20)21)12(19)14-13-10(16)4-5-11(17)18/h2-6H,1H3,(H,13,16)(H,14,19)(H,17,18)/b5-4+. The van der Waals surface area contributed by atoms with Crippen molar-refractivity contribution < 1.29 is 24.4 Å². The van der Waals surface area contributed by atoms with E-state index in [2.05, 4.69) is 0 Å². The number of carboxylic acid groups (broad SMARTS) is 1. The fraction of sp³-hybridized carbons (Fsp3) is 0.0833. The highest BCUT2D eigenvalue weighted by Crippen LogP contribution is 2.18. The lowest BCUT2D eigenvalue weighted by molar-refractivity contribution is -0.385. The normalized spacial score (nSPS) is 10.1. The van der Waals surface area contributed by atoms with E-state index in [-0.39, 0.29) is 11.3 Å². The lowest BCUT2D eigenvalue weighted by atomic mass is 10.1. The van der Waals surface area contributed by atoms with E-state index in [4.69, 9.17) is 5.11 Å². The summed E-state index contributed by atoms with van der Waals surface area (Å²) in [4.78, 5) is 43.1. The minimum Gasteiger partial charge on any atom is -0.478 e. The van der Waals surface area contributed by atoms with Gasteiger partial charge in [0.15, 0.2) is 0 Å². The number of aliphatic carboxylic acids is 1. The molecular formula is C12H11N3O6. The summed E-state index contributed by atoms with van der Waals surface area (Å²) in [7, 11) is 0. The van der Waals surface area contributed by atoms with Crippen molar-refractivity contribution >= 4 is 23.5 Å². The lowest BCUT2D eigenvalue weighted by Crippen LogP contribution is -2.40. The Bertz CT molecular complexity index is 638. The van der Waals surface area contributed by atoms with E-state index in [1.807, 2.05) is 10.9 Å². The molecule has 0 saturated carbocycles. The maximum atomic E-state index is 11.7. The van der Waals surface area contributed by atoms with E-state index < -0.39 is 22.7 Å². The summed E-state index contributed by atoms with van der Waals surface area (Å²) in [6, 6.07) is 3.71. The predicted octanol–water partition coefficient (Wildman–Crippen LogP) is 0.305. The monoisotopic (exact) mass is 293 g/mol. The Morgan fingerprint density at radius 2 is 1.90 bits per heavy atom. The summed E-state index contributed by atoms with van der Waals surface area (Å²) in [5.41, 5.74) is 4.30. The molecule has 0 aliphatic heterocycles. The van der Waals surface area contributed by atoms with E-state index in [0.717, 1.165) is 6.08 Å². The molecule has 1 rings (SSSR count). The van der Waals surface area contributed by atoms with Crippen molar-refractivity contribution in [3.8, 4) is 0 Å². The van der Waals surface area contributed by atoms with Crippen LogP contribution in [-0.2, 0) is 9.59 Å². The molecular weight excluding hydrogens is 282 g/mol. The molecule has 1 aromatic carbocycles. The second kappa shape index (κ2) is 6.80. The van der Waals surface area contributed by atoms with Gasteiger partial charge < -0.3 is 5.11 Å². The number of amides is 2. The third kappa shape index (κ3) is 4.74. The van der Waals surface area contributed by atoms with Crippen LogP contribution in [0.25, 0.3) is 0 Å². The maximum absolute atomic E-state index is 11.7. The van der Waals surface area contributed by atoms with Gasteiger partial charge in [0.1, 0.15) is 0 Å². The summed E-state index contributed by atoms with van der Waals surface area (Å²) in [5, 5.41) is 18.9. The second-order valence-electron chi connectivity index (χ2n) is 3.87. The van der Waals surface area contributed by atoms with Gasteiger partial charge in [0, 0.05) is 29.3 Å². The van der Waals surface area contributed by atoms with Gasteiger partial charge in [-0.1, -0.05) is 0 Å². The molecule has 0 unspecified atom stereocenters. The first kappa shape index (κ1) is 15.8. The van der Waals surface area contributed by atoms with Crippen LogP contribution in [0.2, 0.25) is 0 Å². The van der Waals surface area contributed by atoms with Crippen molar-refractivity contribution in [2.75, 3.05) is 0 Å². The molecule has 0 heterocycles. The first-order valence-electron chi connectivity index (χ1n) is 5.57. The Morgan fingerprint density at radius 3 is 2.43 bits per heavy atom. The summed E-state index contributed by atoms with van der Waals surface area (Å²) < 4.78 is 0. The van der Waals surface area contributed by atoms with E-state index in [1.54, 1.807) is 0 Å². The average molecular weight is 293 g/mol. The van der Waals surface area contributed by atoms with Crippen LogP contribution < -0.4 is 10.9 Å². The highest BCUT2D eigenvalue weighted by molar-refractivity contribution is 5.98. The number of carboxylic acids is 1. The summed E-state index contributed by atoms with van der Waals surface area (Å²) in [6.45, 7) is 1.48. The second-order valence-corrected chi connectivity index (χ2v) is 3.87. The van der Waals surface area contributed by atoms with Crippen molar-refractivity contribution in [2.45, 2.75) is 6.92 Å². The van der Waals surface area contributed by atoms with Crippen molar-refractivity contribution in [1.29, 1.82) is 0 Å². The molecule has 2 amide bonds. The molecule has 0 spiro atoms. The maximum Gasteiger partial charge on any atom is 0.328 e. The number of nitrogens with zero attached hydrogens (tertiary/aromatic N) is 1. The molecule has 110 valence electrons. The number of nitro groups is 1. The third-order valence-electron chi connectivity index (χ3n) is 2.33. The van der Waals surface area contributed by atoms with Crippen LogP contribution in [0.5, 0.6) is 0 Å². The Kier molecular flexibility index (Phi) is 5.12.